The molecular weight excluding hydrogens is 372 g/mol. The predicted octanol–water partition coefficient (Wildman–Crippen LogP) is 1.46. The van der Waals surface area contributed by atoms with Gasteiger partial charge in [0.15, 0.2) is 5.69 Å². The molecule has 1 amide bonds. The molecule has 0 atom stereocenters. The molecule has 0 spiro atoms. The van der Waals surface area contributed by atoms with Crippen molar-refractivity contribution >= 4 is 41.0 Å². The highest BCUT2D eigenvalue weighted by molar-refractivity contribution is 6.18. The summed E-state index contributed by atoms with van der Waals surface area (Å²) >= 11 is 5.59. The SMILES string of the molecule is COC(=O)c1nn(C)cc1NC(=O)c1cccc(C(C=NCCCl)=CN)n1. The maximum Gasteiger partial charge on any atom is 0.360 e. The van der Waals surface area contributed by atoms with Gasteiger partial charge in [-0.15, -0.1) is 11.6 Å². The number of hydrogen-bond donors (Lipinski definition) is 2. The highest BCUT2D eigenvalue weighted by atomic mass is 35.5. The quantitative estimate of drug-likeness (QED) is 0.419. The summed E-state index contributed by atoms with van der Waals surface area (Å²) in [6.45, 7) is 0.441. The molecule has 0 fully saturated rings. The number of amides is 1. The van der Waals surface area contributed by atoms with Crippen molar-refractivity contribution in [2.24, 2.45) is 17.8 Å². The summed E-state index contributed by atoms with van der Waals surface area (Å²) in [5.41, 5.74) is 7.00. The zero-order valence-corrected chi connectivity index (χ0v) is 15.6. The first-order valence-corrected chi connectivity index (χ1v) is 8.42. The van der Waals surface area contributed by atoms with Gasteiger partial charge < -0.3 is 15.8 Å². The van der Waals surface area contributed by atoms with Gasteiger partial charge in [-0.25, -0.2) is 9.78 Å². The fraction of sp³-hybridized carbons (Fsp3) is 0.235. The Balaban J connectivity index is 2.25. The number of aromatic nitrogens is 3. The van der Waals surface area contributed by atoms with E-state index in [4.69, 9.17) is 17.3 Å². The molecule has 3 N–H and O–H groups in total. The number of esters is 1. The van der Waals surface area contributed by atoms with Crippen LogP contribution in [0.2, 0.25) is 0 Å². The average molecular weight is 391 g/mol. The third-order valence-electron chi connectivity index (χ3n) is 3.36. The molecule has 2 aromatic rings. The minimum atomic E-state index is -0.656. The molecular formula is C17H19ClN6O3. The van der Waals surface area contributed by atoms with Gasteiger partial charge in [-0.2, -0.15) is 5.10 Å². The van der Waals surface area contributed by atoms with Crippen molar-refractivity contribution in [3.63, 3.8) is 0 Å². The van der Waals surface area contributed by atoms with Crippen LogP contribution >= 0.6 is 11.6 Å². The number of rotatable bonds is 7. The van der Waals surface area contributed by atoms with Crippen LogP contribution in [0.4, 0.5) is 5.69 Å². The van der Waals surface area contributed by atoms with E-state index in [1.165, 1.54) is 30.3 Å². The number of aryl methyl sites for hydroxylation is 1. The van der Waals surface area contributed by atoms with Gasteiger partial charge >= 0.3 is 5.97 Å². The van der Waals surface area contributed by atoms with Gasteiger partial charge in [0.1, 0.15) is 5.69 Å². The number of methoxy groups -OCH3 is 1. The average Bonchev–Trinajstić information content (AvgIpc) is 3.04. The van der Waals surface area contributed by atoms with Gasteiger partial charge in [-0.1, -0.05) is 6.07 Å². The predicted molar refractivity (Wildman–Crippen MR) is 103 cm³/mol. The lowest BCUT2D eigenvalue weighted by molar-refractivity contribution is 0.0594. The summed E-state index contributed by atoms with van der Waals surface area (Å²) in [5, 5.41) is 6.59. The molecule has 0 aliphatic rings. The molecule has 0 aromatic carbocycles. The number of carbonyl (C=O) groups excluding carboxylic acids is 2. The van der Waals surface area contributed by atoms with Crippen molar-refractivity contribution in [1.82, 2.24) is 14.8 Å². The fourth-order valence-corrected chi connectivity index (χ4v) is 2.24. The Labute approximate surface area is 160 Å². The van der Waals surface area contributed by atoms with Crippen LogP contribution in [0.25, 0.3) is 5.57 Å². The standard InChI is InChI=1S/C17H19ClN6O3/c1-24-10-14(15(23-24)17(26)27-2)22-16(25)13-5-3-4-12(21-13)11(8-19)9-20-7-6-18/h3-5,8-10H,6-7,19H2,1-2H3,(H,22,25). The van der Waals surface area contributed by atoms with Crippen LogP contribution in [-0.4, -0.2) is 52.4 Å². The van der Waals surface area contributed by atoms with Crippen LogP contribution in [0.1, 0.15) is 26.7 Å². The zero-order chi connectivity index (χ0) is 19.8. The van der Waals surface area contributed by atoms with Crippen molar-refractivity contribution in [3.05, 3.63) is 47.7 Å². The van der Waals surface area contributed by atoms with Crippen LogP contribution in [0.5, 0.6) is 0 Å². The number of nitrogens with zero attached hydrogens (tertiary/aromatic N) is 4. The van der Waals surface area contributed by atoms with E-state index in [9.17, 15) is 9.59 Å². The third kappa shape index (κ3) is 5.14. The zero-order valence-electron chi connectivity index (χ0n) is 14.8. The second kappa shape index (κ2) is 9.48. The third-order valence-corrected chi connectivity index (χ3v) is 3.53. The molecule has 0 aliphatic carbocycles. The lowest BCUT2D eigenvalue weighted by Gasteiger charge is -2.06. The van der Waals surface area contributed by atoms with E-state index < -0.39 is 11.9 Å². The molecule has 0 saturated carbocycles. The number of ether oxygens (including phenoxy) is 1. The smallest absolute Gasteiger partial charge is 0.360 e. The Morgan fingerprint density at radius 1 is 1.41 bits per heavy atom. The number of carbonyl (C=O) groups is 2. The Hall–Kier alpha value is -3.20. The van der Waals surface area contributed by atoms with Crippen molar-refractivity contribution in [2.45, 2.75) is 0 Å². The highest BCUT2D eigenvalue weighted by Crippen LogP contribution is 2.16. The molecule has 9 nitrogen and oxygen atoms in total. The Morgan fingerprint density at radius 3 is 2.81 bits per heavy atom. The maximum absolute atomic E-state index is 12.5. The number of alkyl halides is 1. The summed E-state index contributed by atoms with van der Waals surface area (Å²) in [4.78, 5) is 32.7. The Bertz CT molecular complexity index is 891. The van der Waals surface area contributed by atoms with Crippen molar-refractivity contribution in [2.75, 3.05) is 24.9 Å². The summed E-state index contributed by atoms with van der Waals surface area (Å²) in [6.07, 6.45) is 4.39. The Kier molecular flexibility index (Phi) is 7.07. The lowest BCUT2D eigenvalue weighted by Crippen LogP contribution is -2.16. The number of halogens is 1. The van der Waals surface area contributed by atoms with Gasteiger partial charge in [0, 0.05) is 37.1 Å². The van der Waals surface area contributed by atoms with Crippen LogP contribution < -0.4 is 11.1 Å². The van der Waals surface area contributed by atoms with E-state index in [1.54, 1.807) is 25.4 Å². The number of anilines is 1. The van der Waals surface area contributed by atoms with Crippen LogP contribution in [0.3, 0.4) is 0 Å². The normalized spacial score (nSPS) is 11.6. The van der Waals surface area contributed by atoms with Gasteiger partial charge in [0.2, 0.25) is 0 Å². The number of nitrogens with two attached hydrogens (primary N) is 1. The molecule has 2 aromatic heterocycles. The Morgan fingerprint density at radius 2 is 2.15 bits per heavy atom. The van der Waals surface area contributed by atoms with E-state index in [1.807, 2.05) is 0 Å². The number of nitrogens with one attached hydrogen (secondary N) is 1. The van der Waals surface area contributed by atoms with E-state index >= 15 is 0 Å². The second-order valence-electron chi connectivity index (χ2n) is 5.27. The van der Waals surface area contributed by atoms with Crippen LogP contribution in [-0.2, 0) is 11.8 Å². The molecule has 2 rings (SSSR count). The molecule has 27 heavy (non-hydrogen) atoms. The highest BCUT2D eigenvalue weighted by Gasteiger charge is 2.19. The first-order valence-electron chi connectivity index (χ1n) is 7.88. The number of hydrogen-bond acceptors (Lipinski definition) is 7. The second-order valence-corrected chi connectivity index (χ2v) is 5.64. The molecule has 0 bridgehead atoms. The topological polar surface area (TPSA) is 124 Å². The van der Waals surface area contributed by atoms with Crippen molar-refractivity contribution in [1.29, 1.82) is 0 Å². The molecule has 0 saturated heterocycles. The van der Waals surface area contributed by atoms with Gasteiger partial charge in [-0.3, -0.25) is 14.5 Å². The van der Waals surface area contributed by atoms with Crippen molar-refractivity contribution < 1.29 is 14.3 Å². The minimum absolute atomic E-state index is 0.000237. The maximum atomic E-state index is 12.5. The van der Waals surface area contributed by atoms with E-state index in [2.05, 4.69) is 25.1 Å². The van der Waals surface area contributed by atoms with E-state index in [0.29, 0.717) is 23.7 Å². The molecule has 0 radical (unpaired) electrons. The molecule has 0 unspecified atom stereocenters. The monoisotopic (exact) mass is 390 g/mol. The number of pyridine rings is 1. The molecule has 0 aliphatic heterocycles. The largest absolute Gasteiger partial charge is 0.464 e. The van der Waals surface area contributed by atoms with E-state index in [-0.39, 0.29) is 17.1 Å². The van der Waals surface area contributed by atoms with Gasteiger partial charge in [0.05, 0.1) is 25.0 Å². The summed E-state index contributed by atoms with van der Waals surface area (Å²) in [7, 11) is 2.86. The minimum Gasteiger partial charge on any atom is -0.464 e. The first-order chi connectivity index (χ1) is 13.0. The van der Waals surface area contributed by atoms with Crippen LogP contribution in [0, 0.1) is 0 Å². The molecule has 2 heterocycles. The summed E-state index contributed by atoms with van der Waals surface area (Å²) in [6, 6.07) is 4.91. The molecule has 10 heteroatoms. The molecule has 142 valence electrons. The number of aliphatic imine (C=N–C) groups is 1. The first kappa shape index (κ1) is 20.1. The summed E-state index contributed by atoms with van der Waals surface area (Å²) in [5.74, 6) is -0.779. The van der Waals surface area contributed by atoms with Gasteiger partial charge in [0.25, 0.3) is 5.91 Å². The fourth-order valence-electron chi connectivity index (χ4n) is 2.14. The van der Waals surface area contributed by atoms with E-state index in [0.717, 1.165) is 0 Å². The lowest BCUT2D eigenvalue weighted by atomic mass is 10.2. The van der Waals surface area contributed by atoms with Crippen molar-refractivity contribution in [3.8, 4) is 0 Å². The van der Waals surface area contributed by atoms with Gasteiger partial charge in [-0.05, 0) is 12.1 Å². The summed E-state index contributed by atoms with van der Waals surface area (Å²) < 4.78 is 6.06. The number of allylic oxidation sites excluding steroid dienone is 1. The van der Waals surface area contributed by atoms with Crippen LogP contribution in [0.15, 0.2) is 35.6 Å².